The van der Waals surface area contributed by atoms with Crippen LogP contribution >= 0.6 is 11.3 Å². The van der Waals surface area contributed by atoms with Crippen molar-refractivity contribution in [1.82, 2.24) is 9.88 Å². The van der Waals surface area contributed by atoms with E-state index in [2.05, 4.69) is 4.98 Å². The van der Waals surface area contributed by atoms with Gasteiger partial charge in [-0.15, -0.1) is 0 Å². The molecule has 0 saturated carbocycles. The molecule has 1 amide bonds. The van der Waals surface area contributed by atoms with Crippen molar-refractivity contribution in [1.29, 1.82) is 0 Å². The maximum Gasteiger partial charge on any atom is 0.416 e. The van der Waals surface area contributed by atoms with Crippen LogP contribution in [0.3, 0.4) is 0 Å². The van der Waals surface area contributed by atoms with Gasteiger partial charge in [0.1, 0.15) is 0 Å². The van der Waals surface area contributed by atoms with Crippen LogP contribution in [0.1, 0.15) is 19.4 Å². The van der Waals surface area contributed by atoms with E-state index in [9.17, 15) is 23.1 Å². The molecule has 0 radical (unpaired) electrons. The molecule has 0 aliphatic carbocycles. The van der Waals surface area contributed by atoms with Gasteiger partial charge in [-0.1, -0.05) is 11.3 Å². The monoisotopic (exact) mass is 359 g/mol. The summed E-state index contributed by atoms with van der Waals surface area (Å²) in [5, 5.41) is 9.86. The van der Waals surface area contributed by atoms with Gasteiger partial charge >= 0.3 is 12.3 Å². The highest BCUT2D eigenvalue weighted by Crippen LogP contribution is 2.36. The fourth-order valence-corrected chi connectivity index (χ4v) is 4.10. The van der Waals surface area contributed by atoms with Crippen molar-refractivity contribution in [3.8, 4) is 0 Å². The highest BCUT2D eigenvalue weighted by molar-refractivity contribution is 7.22. The van der Waals surface area contributed by atoms with Gasteiger partial charge in [-0.3, -0.25) is 4.90 Å². The van der Waals surface area contributed by atoms with E-state index in [1.54, 1.807) is 0 Å². The quantitative estimate of drug-likeness (QED) is 0.839. The second-order valence-electron chi connectivity index (χ2n) is 5.97. The number of benzene rings is 1. The smallest absolute Gasteiger partial charge is 0.416 e. The predicted octanol–water partition coefficient (Wildman–Crippen LogP) is 3.89. The molecule has 0 unspecified atom stereocenters. The first kappa shape index (κ1) is 16.8. The van der Waals surface area contributed by atoms with E-state index in [-0.39, 0.29) is 12.1 Å². The lowest BCUT2D eigenvalue weighted by molar-refractivity contribution is -0.137. The zero-order valence-corrected chi connectivity index (χ0v) is 13.9. The fraction of sp³-hybridized carbons (Fsp3) is 0.467. The van der Waals surface area contributed by atoms with Crippen molar-refractivity contribution in [3.63, 3.8) is 0 Å². The third-order valence-corrected chi connectivity index (χ3v) is 5.19. The summed E-state index contributed by atoms with van der Waals surface area (Å²) in [4.78, 5) is 19.0. The molecule has 0 bridgehead atoms. The molecule has 3 rings (SSSR count). The molecule has 2 atom stereocenters. The Bertz CT molecular complexity index is 765. The first-order valence-corrected chi connectivity index (χ1v) is 8.22. The first-order valence-electron chi connectivity index (χ1n) is 7.41. The lowest BCUT2D eigenvalue weighted by Gasteiger charge is -2.42. The predicted molar refractivity (Wildman–Crippen MR) is 85.6 cm³/mol. The summed E-state index contributed by atoms with van der Waals surface area (Å²) in [6.45, 7) is 4.54. The average molecular weight is 359 g/mol. The van der Waals surface area contributed by atoms with Gasteiger partial charge in [-0.25, -0.2) is 9.78 Å². The van der Waals surface area contributed by atoms with Gasteiger partial charge in [-0.05, 0) is 32.0 Å². The molecule has 1 N–H and O–H groups in total. The molecule has 9 heteroatoms. The maximum atomic E-state index is 12.8. The van der Waals surface area contributed by atoms with Gasteiger partial charge in [0.25, 0.3) is 0 Å². The second kappa shape index (κ2) is 5.80. The number of nitrogens with zero attached hydrogens (tertiary/aromatic N) is 3. The van der Waals surface area contributed by atoms with Crippen LogP contribution in [0.4, 0.5) is 23.1 Å². The molecule has 1 fully saturated rings. The minimum atomic E-state index is -4.38. The Morgan fingerprint density at radius 1 is 1.29 bits per heavy atom. The van der Waals surface area contributed by atoms with Gasteiger partial charge < -0.3 is 10.0 Å². The number of carboxylic acid groups (broad SMARTS) is 1. The Balaban J connectivity index is 1.89. The van der Waals surface area contributed by atoms with Crippen molar-refractivity contribution < 1.29 is 23.1 Å². The number of hydrogen-bond donors (Lipinski definition) is 1. The number of halogens is 3. The van der Waals surface area contributed by atoms with Crippen LogP contribution in [-0.4, -0.2) is 46.3 Å². The van der Waals surface area contributed by atoms with Crippen molar-refractivity contribution in [2.24, 2.45) is 0 Å². The largest absolute Gasteiger partial charge is 0.465 e. The normalized spacial score (nSPS) is 22.2. The summed E-state index contributed by atoms with van der Waals surface area (Å²) in [5.74, 6) is 0. The van der Waals surface area contributed by atoms with Crippen LogP contribution < -0.4 is 4.90 Å². The van der Waals surface area contributed by atoms with Crippen LogP contribution in [0.25, 0.3) is 10.2 Å². The van der Waals surface area contributed by atoms with Gasteiger partial charge in [-0.2, -0.15) is 13.2 Å². The highest BCUT2D eigenvalue weighted by Gasteiger charge is 2.34. The lowest BCUT2D eigenvalue weighted by Crippen LogP contribution is -2.58. The van der Waals surface area contributed by atoms with Crippen LogP contribution in [-0.2, 0) is 6.18 Å². The summed E-state index contributed by atoms with van der Waals surface area (Å²) in [6, 6.07) is 3.07. The molecule has 2 heterocycles. The van der Waals surface area contributed by atoms with E-state index >= 15 is 0 Å². The zero-order chi connectivity index (χ0) is 17.6. The summed E-state index contributed by atoms with van der Waals surface area (Å²) < 4.78 is 38.9. The zero-order valence-electron chi connectivity index (χ0n) is 13.0. The van der Waals surface area contributed by atoms with Gasteiger partial charge in [0.15, 0.2) is 5.13 Å². The Kier molecular flexibility index (Phi) is 4.06. The highest BCUT2D eigenvalue weighted by atomic mass is 32.1. The standard InChI is InChI=1S/C15H16F3N3O2S/c1-8-6-20(7-9(2)21(8)14(22)23)13-19-11-4-3-10(15(16,17)18)5-12(11)24-13/h3-5,8-9H,6-7H2,1-2H3,(H,22,23)/t8-,9-/m1/s1. The number of carbonyl (C=O) groups is 1. The number of anilines is 1. The molecule has 0 spiro atoms. The van der Waals surface area contributed by atoms with E-state index in [4.69, 9.17) is 0 Å². The van der Waals surface area contributed by atoms with Crippen LogP contribution in [0.2, 0.25) is 0 Å². The Labute approximate surface area is 140 Å². The molecule has 24 heavy (non-hydrogen) atoms. The molecule has 1 aliphatic heterocycles. The molecule has 2 aromatic rings. The second-order valence-corrected chi connectivity index (χ2v) is 6.98. The van der Waals surface area contributed by atoms with Crippen molar-refractivity contribution in [3.05, 3.63) is 23.8 Å². The summed E-state index contributed by atoms with van der Waals surface area (Å²) in [7, 11) is 0. The average Bonchev–Trinajstić information content (AvgIpc) is 2.87. The van der Waals surface area contributed by atoms with Gasteiger partial charge in [0.05, 0.1) is 27.9 Å². The van der Waals surface area contributed by atoms with Crippen LogP contribution in [0.5, 0.6) is 0 Å². The van der Waals surface area contributed by atoms with Crippen molar-refractivity contribution in [2.45, 2.75) is 32.1 Å². The van der Waals surface area contributed by atoms with Gasteiger partial charge in [0, 0.05) is 13.1 Å². The number of aromatic nitrogens is 1. The topological polar surface area (TPSA) is 56.7 Å². The van der Waals surface area contributed by atoms with E-state index in [0.29, 0.717) is 28.4 Å². The molecule has 1 saturated heterocycles. The lowest BCUT2D eigenvalue weighted by atomic mass is 10.1. The number of amides is 1. The summed E-state index contributed by atoms with van der Waals surface area (Å²) in [6.07, 6.45) is -5.34. The Hall–Kier alpha value is -2.03. The molecule has 1 aromatic carbocycles. The maximum absolute atomic E-state index is 12.8. The number of piperazine rings is 1. The molecule has 1 aliphatic rings. The number of thiazole rings is 1. The number of hydrogen-bond acceptors (Lipinski definition) is 4. The summed E-state index contributed by atoms with van der Waals surface area (Å²) in [5.41, 5.74) is -0.174. The van der Waals surface area contributed by atoms with Crippen LogP contribution in [0.15, 0.2) is 18.2 Å². The number of alkyl halides is 3. The first-order chi connectivity index (χ1) is 11.2. The minimum Gasteiger partial charge on any atom is -0.465 e. The third kappa shape index (κ3) is 3.00. The van der Waals surface area contributed by atoms with E-state index in [1.165, 1.54) is 22.3 Å². The molecule has 130 valence electrons. The Morgan fingerprint density at radius 2 is 1.92 bits per heavy atom. The number of fused-ring (bicyclic) bond motifs is 1. The summed E-state index contributed by atoms with van der Waals surface area (Å²) >= 11 is 1.20. The molecular weight excluding hydrogens is 343 g/mol. The van der Waals surface area contributed by atoms with E-state index in [0.717, 1.165) is 12.1 Å². The van der Waals surface area contributed by atoms with Crippen molar-refractivity contribution in [2.75, 3.05) is 18.0 Å². The molecular formula is C15H16F3N3O2S. The van der Waals surface area contributed by atoms with E-state index in [1.807, 2.05) is 18.7 Å². The van der Waals surface area contributed by atoms with Crippen molar-refractivity contribution >= 4 is 32.8 Å². The fourth-order valence-electron chi connectivity index (χ4n) is 3.08. The SMILES string of the molecule is C[C@@H]1CN(c2nc3ccc(C(F)(F)F)cc3s2)C[C@@H](C)N1C(=O)O. The van der Waals surface area contributed by atoms with Crippen LogP contribution in [0, 0.1) is 0 Å². The van der Waals surface area contributed by atoms with Gasteiger partial charge in [0.2, 0.25) is 0 Å². The molecule has 5 nitrogen and oxygen atoms in total. The Morgan fingerprint density at radius 3 is 2.46 bits per heavy atom. The molecule has 1 aromatic heterocycles. The minimum absolute atomic E-state index is 0.219. The van der Waals surface area contributed by atoms with E-state index < -0.39 is 17.8 Å². The number of rotatable bonds is 1. The third-order valence-electron chi connectivity index (χ3n) is 4.11.